The molecule has 1 unspecified atom stereocenters. The number of hydrogen-bond donors (Lipinski definition) is 2. The Morgan fingerprint density at radius 3 is 2.18 bits per heavy atom. The van der Waals surface area contributed by atoms with Gasteiger partial charge in [-0.15, -0.1) is 0 Å². The third kappa shape index (κ3) is 3.98. The molecule has 0 aromatic rings. The smallest absolute Gasteiger partial charge is 0.223 e. The van der Waals surface area contributed by atoms with E-state index in [1.807, 2.05) is 0 Å². The van der Waals surface area contributed by atoms with E-state index >= 15 is 0 Å². The van der Waals surface area contributed by atoms with Gasteiger partial charge in [0.1, 0.15) is 0 Å². The molecule has 0 radical (unpaired) electrons. The topological polar surface area (TPSA) is 55.1 Å². The SMILES string of the molecule is CC(C)CC(N)CNC(=O)C(C1CC1)C1CC1. The lowest BCUT2D eigenvalue weighted by Crippen LogP contribution is -2.41. The molecule has 2 rings (SSSR count). The van der Waals surface area contributed by atoms with Crippen LogP contribution in [0.3, 0.4) is 0 Å². The van der Waals surface area contributed by atoms with E-state index in [1.54, 1.807) is 0 Å². The average molecular weight is 238 g/mol. The molecule has 2 aliphatic rings. The van der Waals surface area contributed by atoms with Gasteiger partial charge in [0.15, 0.2) is 0 Å². The first-order valence-electron chi connectivity index (χ1n) is 7.11. The molecule has 2 saturated carbocycles. The first-order chi connectivity index (χ1) is 8.08. The third-order valence-corrected chi connectivity index (χ3v) is 3.88. The van der Waals surface area contributed by atoms with Crippen molar-refractivity contribution in [3.63, 3.8) is 0 Å². The fourth-order valence-corrected chi connectivity index (χ4v) is 2.76. The molecule has 3 nitrogen and oxygen atoms in total. The van der Waals surface area contributed by atoms with Gasteiger partial charge in [0.05, 0.1) is 0 Å². The van der Waals surface area contributed by atoms with E-state index in [9.17, 15) is 4.79 Å². The average Bonchev–Trinajstić information content (AvgIpc) is 3.08. The van der Waals surface area contributed by atoms with Gasteiger partial charge in [0.25, 0.3) is 0 Å². The number of amides is 1. The zero-order chi connectivity index (χ0) is 12.4. The Labute approximate surface area is 105 Å². The van der Waals surface area contributed by atoms with Gasteiger partial charge in [0, 0.05) is 18.5 Å². The van der Waals surface area contributed by atoms with Crippen LogP contribution in [0.15, 0.2) is 0 Å². The molecule has 0 aromatic heterocycles. The molecular formula is C14H26N2O. The van der Waals surface area contributed by atoms with Crippen molar-refractivity contribution in [2.24, 2.45) is 29.4 Å². The summed E-state index contributed by atoms with van der Waals surface area (Å²) in [7, 11) is 0. The number of nitrogens with two attached hydrogens (primary N) is 1. The number of carbonyl (C=O) groups is 1. The van der Waals surface area contributed by atoms with Crippen molar-refractivity contribution in [1.82, 2.24) is 5.32 Å². The Hall–Kier alpha value is -0.570. The Balaban J connectivity index is 1.72. The van der Waals surface area contributed by atoms with Gasteiger partial charge >= 0.3 is 0 Å². The first-order valence-corrected chi connectivity index (χ1v) is 7.11. The van der Waals surface area contributed by atoms with Crippen LogP contribution in [0.1, 0.15) is 46.0 Å². The van der Waals surface area contributed by atoms with E-state index in [0.29, 0.717) is 30.2 Å². The van der Waals surface area contributed by atoms with Gasteiger partial charge in [-0.05, 0) is 49.9 Å². The van der Waals surface area contributed by atoms with Crippen LogP contribution in [0.4, 0.5) is 0 Å². The van der Waals surface area contributed by atoms with Gasteiger partial charge < -0.3 is 11.1 Å². The monoisotopic (exact) mass is 238 g/mol. The van der Waals surface area contributed by atoms with Crippen LogP contribution >= 0.6 is 0 Å². The van der Waals surface area contributed by atoms with Crippen molar-refractivity contribution in [3.05, 3.63) is 0 Å². The highest BCUT2D eigenvalue weighted by molar-refractivity contribution is 5.80. The minimum atomic E-state index is 0.109. The molecule has 2 fully saturated rings. The van der Waals surface area contributed by atoms with E-state index in [-0.39, 0.29) is 11.9 Å². The van der Waals surface area contributed by atoms with E-state index in [4.69, 9.17) is 5.73 Å². The quantitative estimate of drug-likeness (QED) is 0.712. The lowest BCUT2D eigenvalue weighted by Gasteiger charge is -2.19. The second kappa shape index (κ2) is 5.38. The van der Waals surface area contributed by atoms with Crippen molar-refractivity contribution < 1.29 is 4.79 Å². The van der Waals surface area contributed by atoms with E-state index in [1.165, 1.54) is 25.7 Å². The highest BCUT2D eigenvalue weighted by atomic mass is 16.1. The highest BCUT2D eigenvalue weighted by Crippen LogP contribution is 2.49. The molecule has 1 amide bonds. The molecule has 98 valence electrons. The van der Waals surface area contributed by atoms with Crippen molar-refractivity contribution >= 4 is 5.91 Å². The van der Waals surface area contributed by atoms with Crippen LogP contribution < -0.4 is 11.1 Å². The third-order valence-electron chi connectivity index (χ3n) is 3.88. The molecular weight excluding hydrogens is 212 g/mol. The zero-order valence-corrected chi connectivity index (χ0v) is 11.1. The van der Waals surface area contributed by atoms with Crippen molar-refractivity contribution in [1.29, 1.82) is 0 Å². The van der Waals surface area contributed by atoms with Crippen LogP contribution in [0.5, 0.6) is 0 Å². The predicted molar refractivity (Wildman–Crippen MR) is 69.4 cm³/mol. The number of nitrogens with one attached hydrogen (secondary N) is 1. The Kier molecular flexibility index (Phi) is 4.08. The summed E-state index contributed by atoms with van der Waals surface area (Å²) in [6.45, 7) is 4.98. The molecule has 0 saturated heterocycles. The molecule has 3 N–H and O–H groups in total. The summed E-state index contributed by atoms with van der Waals surface area (Å²) in [4.78, 5) is 12.1. The highest BCUT2D eigenvalue weighted by Gasteiger charge is 2.45. The molecule has 0 bridgehead atoms. The predicted octanol–water partition coefficient (Wildman–Crippen LogP) is 1.91. The zero-order valence-electron chi connectivity index (χ0n) is 11.1. The standard InChI is InChI=1S/C14H26N2O/c1-9(2)7-12(15)8-16-14(17)13(10-3-4-10)11-5-6-11/h9-13H,3-8,15H2,1-2H3,(H,16,17). The molecule has 0 spiro atoms. The molecule has 17 heavy (non-hydrogen) atoms. The van der Waals surface area contributed by atoms with E-state index < -0.39 is 0 Å². The molecule has 3 heteroatoms. The summed E-state index contributed by atoms with van der Waals surface area (Å²) >= 11 is 0. The molecule has 1 atom stereocenters. The lowest BCUT2D eigenvalue weighted by molar-refractivity contribution is -0.126. The molecule has 2 aliphatic carbocycles. The summed E-state index contributed by atoms with van der Waals surface area (Å²) < 4.78 is 0. The largest absolute Gasteiger partial charge is 0.354 e. The summed E-state index contributed by atoms with van der Waals surface area (Å²) in [5, 5.41) is 3.07. The lowest BCUT2D eigenvalue weighted by atomic mass is 9.96. The van der Waals surface area contributed by atoms with Crippen LogP contribution in [0.2, 0.25) is 0 Å². The first kappa shape index (κ1) is 12.9. The van der Waals surface area contributed by atoms with E-state index in [0.717, 1.165) is 6.42 Å². The Morgan fingerprint density at radius 2 is 1.76 bits per heavy atom. The minimum Gasteiger partial charge on any atom is -0.354 e. The maximum absolute atomic E-state index is 12.1. The summed E-state index contributed by atoms with van der Waals surface area (Å²) in [5.41, 5.74) is 5.99. The Morgan fingerprint density at radius 1 is 1.24 bits per heavy atom. The van der Waals surface area contributed by atoms with Gasteiger partial charge in [0.2, 0.25) is 5.91 Å². The molecule has 0 aliphatic heterocycles. The summed E-state index contributed by atoms with van der Waals surface area (Å²) in [6, 6.07) is 0.109. The fraction of sp³-hybridized carbons (Fsp3) is 0.929. The maximum Gasteiger partial charge on any atom is 0.223 e. The summed E-state index contributed by atoms with van der Waals surface area (Å²) in [5.74, 6) is 2.55. The second-order valence-electron chi connectivity index (χ2n) is 6.34. The minimum absolute atomic E-state index is 0.109. The maximum atomic E-state index is 12.1. The number of hydrogen-bond acceptors (Lipinski definition) is 2. The number of carbonyl (C=O) groups excluding carboxylic acids is 1. The van der Waals surface area contributed by atoms with Crippen molar-refractivity contribution in [3.8, 4) is 0 Å². The van der Waals surface area contributed by atoms with Crippen LogP contribution in [-0.2, 0) is 4.79 Å². The van der Waals surface area contributed by atoms with Gasteiger partial charge in [-0.3, -0.25) is 4.79 Å². The second-order valence-corrected chi connectivity index (χ2v) is 6.34. The van der Waals surface area contributed by atoms with Crippen molar-refractivity contribution in [2.45, 2.75) is 52.0 Å². The number of rotatable bonds is 7. The van der Waals surface area contributed by atoms with Crippen LogP contribution in [0, 0.1) is 23.7 Å². The van der Waals surface area contributed by atoms with E-state index in [2.05, 4.69) is 19.2 Å². The summed E-state index contributed by atoms with van der Waals surface area (Å²) in [6.07, 6.45) is 6.01. The van der Waals surface area contributed by atoms with Gasteiger partial charge in [-0.25, -0.2) is 0 Å². The van der Waals surface area contributed by atoms with Crippen LogP contribution in [-0.4, -0.2) is 18.5 Å². The fourth-order valence-electron chi connectivity index (χ4n) is 2.76. The molecule has 0 aromatic carbocycles. The Bertz CT molecular complexity index is 257. The normalized spacial score (nSPS) is 21.9. The van der Waals surface area contributed by atoms with Crippen LogP contribution in [0.25, 0.3) is 0 Å². The van der Waals surface area contributed by atoms with Gasteiger partial charge in [-0.1, -0.05) is 13.8 Å². The molecule has 0 heterocycles. The van der Waals surface area contributed by atoms with Crippen molar-refractivity contribution in [2.75, 3.05) is 6.54 Å². The van der Waals surface area contributed by atoms with Gasteiger partial charge in [-0.2, -0.15) is 0 Å².